The molecule has 0 bridgehead atoms. The number of ether oxygens (including phenoxy) is 1. The molecule has 30 heavy (non-hydrogen) atoms. The number of rotatable bonds is 11. The van der Waals surface area contributed by atoms with Gasteiger partial charge in [-0.2, -0.15) is 0 Å². The molecule has 164 valence electrons. The van der Waals surface area contributed by atoms with Crippen LogP contribution in [0.3, 0.4) is 0 Å². The van der Waals surface area contributed by atoms with Crippen LogP contribution in [-0.2, 0) is 22.5 Å². The molecule has 2 aromatic heterocycles. The van der Waals surface area contributed by atoms with Crippen molar-refractivity contribution in [1.82, 2.24) is 19.7 Å². The van der Waals surface area contributed by atoms with E-state index >= 15 is 0 Å². The third-order valence-electron chi connectivity index (χ3n) is 4.46. The van der Waals surface area contributed by atoms with E-state index in [-0.39, 0.29) is 24.6 Å². The van der Waals surface area contributed by atoms with Gasteiger partial charge in [0.15, 0.2) is 10.9 Å². The number of thioether (sulfide) groups is 1. The second-order valence-electron chi connectivity index (χ2n) is 7.43. The molecule has 0 fully saturated rings. The number of hydrogen-bond acceptors (Lipinski definition) is 7. The van der Waals surface area contributed by atoms with Gasteiger partial charge in [0, 0.05) is 25.1 Å². The first-order valence-electron chi connectivity index (χ1n) is 9.88. The number of primary amides is 1. The number of aryl methyl sites for hydroxylation is 2. The molecule has 1 amide bonds. The molecule has 2 heterocycles. The number of nitrogens with two attached hydrogens (primary N) is 1. The van der Waals surface area contributed by atoms with Crippen molar-refractivity contribution in [3.05, 3.63) is 28.3 Å². The van der Waals surface area contributed by atoms with Crippen molar-refractivity contribution < 1.29 is 19.1 Å². The Hall–Kier alpha value is -2.62. The minimum atomic E-state index is -0.439. The van der Waals surface area contributed by atoms with Crippen molar-refractivity contribution in [1.29, 1.82) is 0 Å². The number of aromatic amines is 1. The fourth-order valence-electron chi connectivity index (χ4n) is 3.13. The molecule has 2 aromatic rings. The number of carbonyl (C=O) groups excluding carboxylic acids is 3. The van der Waals surface area contributed by atoms with Crippen LogP contribution in [0.5, 0.6) is 0 Å². The third kappa shape index (κ3) is 5.71. The van der Waals surface area contributed by atoms with Crippen molar-refractivity contribution in [3.8, 4) is 0 Å². The molecule has 0 radical (unpaired) electrons. The average molecular weight is 436 g/mol. The number of nitrogens with zero attached hydrogens (tertiary/aromatic N) is 3. The summed E-state index contributed by atoms with van der Waals surface area (Å²) in [5.41, 5.74) is 7.24. The van der Waals surface area contributed by atoms with Gasteiger partial charge in [-0.1, -0.05) is 25.6 Å². The number of H-pyrrole nitrogens is 1. The van der Waals surface area contributed by atoms with Crippen LogP contribution in [0, 0.1) is 19.8 Å². The predicted octanol–water partition coefficient (Wildman–Crippen LogP) is 2.45. The van der Waals surface area contributed by atoms with E-state index < -0.39 is 11.9 Å². The topological polar surface area (TPSA) is 133 Å². The lowest BCUT2D eigenvalue weighted by Crippen LogP contribution is -2.15. The first-order chi connectivity index (χ1) is 14.1. The van der Waals surface area contributed by atoms with Gasteiger partial charge in [-0.15, -0.1) is 10.2 Å². The van der Waals surface area contributed by atoms with Gasteiger partial charge in [-0.3, -0.25) is 9.59 Å². The molecule has 0 saturated heterocycles. The zero-order valence-electron chi connectivity index (χ0n) is 18.1. The van der Waals surface area contributed by atoms with Crippen molar-refractivity contribution in [3.63, 3.8) is 0 Å². The Kier molecular flexibility index (Phi) is 8.22. The van der Waals surface area contributed by atoms with Crippen molar-refractivity contribution in [2.24, 2.45) is 11.7 Å². The first-order valence-corrected chi connectivity index (χ1v) is 10.9. The summed E-state index contributed by atoms with van der Waals surface area (Å²) in [5.74, 6) is 0.168. The van der Waals surface area contributed by atoms with Crippen molar-refractivity contribution in [2.45, 2.75) is 59.2 Å². The highest BCUT2D eigenvalue weighted by molar-refractivity contribution is 7.99. The highest BCUT2D eigenvalue weighted by atomic mass is 32.2. The number of nitrogens with one attached hydrogen (secondary N) is 1. The van der Waals surface area contributed by atoms with Crippen LogP contribution in [0.25, 0.3) is 0 Å². The molecule has 0 spiro atoms. The number of carbonyl (C=O) groups is 3. The van der Waals surface area contributed by atoms with E-state index in [2.05, 4.69) is 29.0 Å². The number of ketones is 1. The van der Waals surface area contributed by atoms with Gasteiger partial charge in [0.05, 0.1) is 23.6 Å². The number of Topliss-reactive ketones (excluding diaryl/α,β-unsaturated/α-hetero) is 1. The SMILES string of the molecule is CCOC(=O)c1c(C)[nH]c(C(=O)CSc2nnc(CCC(N)=O)n2CC(C)C)c1C. The van der Waals surface area contributed by atoms with E-state index in [1.165, 1.54) is 11.8 Å². The molecule has 0 saturated carbocycles. The molecular weight excluding hydrogens is 406 g/mol. The molecular formula is C20H29N5O4S. The minimum Gasteiger partial charge on any atom is -0.462 e. The normalized spacial score (nSPS) is 11.1. The Morgan fingerprint density at radius 2 is 1.93 bits per heavy atom. The fourth-order valence-corrected chi connectivity index (χ4v) is 3.97. The van der Waals surface area contributed by atoms with Gasteiger partial charge in [0.1, 0.15) is 5.82 Å². The summed E-state index contributed by atoms with van der Waals surface area (Å²) >= 11 is 1.28. The number of hydrogen-bond donors (Lipinski definition) is 2. The van der Waals surface area contributed by atoms with E-state index in [4.69, 9.17) is 10.5 Å². The number of esters is 1. The van der Waals surface area contributed by atoms with Gasteiger partial charge in [-0.05, 0) is 32.3 Å². The lowest BCUT2D eigenvalue weighted by molar-refractivity contribution is -0.118. The highest BCUT2D eigenvalue weighted by Crippen LogP contribution is 2.24. The first kappa shape index (κ1) is 23.7. The number of amides is 1. The van der Waals surface area contributed by atoms with Crippen molar-refractivity contribution >= 4 is 29.4 Å². The summed E-state index contributed by atoms with van der Waals surface area (Å²) in [6, 6.07) is 0. The summed E-state index contributed by atoms with van der Waals surface area (Å²) in [4.78, 5) is 39.1. The molecule has 0 aromatic carbocycles. The van der Waals surface area contributed by atoms with Crippen LogP contribution in [0.2, 0.25) is 0 Å². The lowest BCUT2D eigenvalue weighted by Gasteiger charge is -2.12. The highest BCUT2D eigenvalue weighted by Gasteiger charge is 2.23. The Bertz CT molecular complexity index is 932. The molecule has 3 N–H and O–H groups in total. The molecule has 0 aliphatic rings. The summed E-state index contributed by atoms with van der Waals surface area (Å²) in [5, 5.41) is 8.99. The molecule has 0 unspecified atom stereocenters. The largest absolute Gasteiger partial charge is 0.462 e. The monoisotopic (exact) mass is 435 g/mol. The molecule has 0 aliphatic heterocycles. The molecule has 0 atom stereocenters. The van der Waals surface area contributed by atoms with E-state index in [1.54, 1.807) is 20.8 Å². The second kappa shape index (κ2) is 10.4. The maximum atomic E-state index is 12.8. The Labute approximate surface area is 180 Å². The van der Waals surface area contributed by atoms with Crippen LogP contribution in [0.4, 0.5) is 0 Å². The summed E-state index contributed by atoms with van der Waals surface area (Å²) in [6.07, 6.45) is 0.596. The summed E-state index contributed by atoms with van der Waals surface area (Å²) < 4.78 is 7.01. The second-order valence-corrected chi connectivity index (χ2v) is 8.37. The minimum absolute atomic E-state index is 0.134. The van der Waals surface area contributed by atoms with Gasteiger partial charge >= 0.3 is 5.97 Å². The number of aromatic nitrogens is 4. The van der Waals surface area contributed by atoms with Gasteiger partial charge < -0.3 is 20.0 Å². The fraction of sp³-hybridized carbons (Fsp3) is 0.550. The van der Waals surface area contributed by atoms with Crippen LogP contribution >= 0.6 is 11.8 Å². The Morgan fingerprint density at radius 3 is 2.53 bits per heavy atom. The Morgan fingerprint density at radius 1 is 1.23 bits per heavy atom. The molecule has 9 nitrogen and oxygen atoms in total. The van der Waals surface area contributed by atoms with E-state index in [0.29, 0.717) is 52.4 Å². The van der Waals surface area contributed by atoms with Crippen molar-refractivity contribution in [2.75, 3.05) is 12.4 Å². The molecule has 0 aliphatic carbocycles. The molecule has 10 heteroatoms. The molecule has 2 rings (SSSR count). The average Bonchev–Trinajstić information content (AvgIpc) is 3.17. The van der Waals surface area contributed by atoms with Crippen LogP contribution in [0.15, 0.2) is 5.16 Å². The van der Waals surface area contributed by atoms with E-state index in [1.807, 2.05) is 4.57 Å². The zero-order valence-corrected chi connectivity index (χ0v) is 18.9. The summed E-state index contributed by atoms with van der Waals surface area (Å²) in [6.45, 7) is 10.3. The maximum Gasteiger partial charge on any atom is 0.340 e. The van der Waals surface area contributed by atoms with Gasteiger partial charge in [0.25, 0.3) is 0 Å². The standard InChI is InChI=1S/C20H29N5O4S/c1-6-29-19(28)17-12(4)18(22-13(17)5)14(26)10-30-20-24-23-16(8-7-15(21)27)25(20)9-11(2)3/h11,22H,6-10H2,1-5H3,(H2,21,27). The zero-order chi connectivity index (χ0) is 22.4. The lowest BCUT2D eigenvalue weighted by atomic mass is 10.1. The van der Waals surface area contributed by atoms with Crippen LogP contribution in [-0.4, -0.2) is 49.8 Å². The third-order valence-corrected chi connectivity index (χ3v) is 5.43. The maximum absolute atomic E-state index is 12.8. The van der Waals surface area contributed by atoms with Gasteiger partial charge in [-0.25, -0.2) is 4.79 Å². The van der Waals surface area contributed by atoms with E-state index in [9.17, 15) is 14.4 Å². The van der Waals surface area contributed by atoms with Crippen LogP contribution < -0.4 is 5.73 Å². The van der Waals surface area contributed by atoms with Gasteiger partial charge in [0.2, 0.25) is 5.91 Å². The smallest absolute Gasteiger partial charge is 0.340 e. The predicted molar refractivity (Wildman–Crippen MR) is 114 cm³/mol. The summed E-state index contributed by atoms with van der Waals surface area (Å²) in [7, 11) is 0. The quantitative estimate of drug-likeness (QED) is 0.315. The van der Waals surface area contributed by atoms with Crippen LogP contribution in [0.1, 0.15) is 65.1 Å². The Balaban J connectivity index is 2.17. The van der Waals surface area contributed by atoms with E-state index in [0.717, 1.165) is 0 Å².